The molecule has 4 unspecified atom stereocenters. The molecule has 5 atom stereocenters. The smallest absolute Gasteiger partial charge is 0.459 e. The second kappa shape index (κ2) is 15.4. The summed E-state index contributed by atoms with van der Waals surface area (Å²) in [4.78, 5) is 41.7. The second-order valence-electron chi connectivity index (χ2n) is 11.3. The molecule has 3 N–H and O–H groups in total. The summed E-state index contributed by atoms with van der Waals surface area (Å²) >= 11 is 3.11. The molecule has 4 aromatic rings. The Kier molecular flexibility index (Phi) is 11.3. The maximum Gasteiger partial charge on any atom is 0.459 e. The minimum absolute atomic E-state index is 0.0141. The van der Waals surface area contributed by atoms with E-state index >= 15 is 0 Å². The molecule has 0 radical (unpaired) electrons. The predicted molar refractivity (Wildman–Crippen MR) is 180 cm³/mol. The van der Waals surface area contributed by atoms with Crippen molar-refractivity contribution in [3.8, 4) is 5.75 Å². The second-order valence-corrected chi connectivity index (χ2v) is 13.5. The van der Waals surface area contributed by atoms with Crippen LogP contribution in [-0.2, 0) is 30.0 Å². The van der Waals surface area contributed by atoms with Crippen LogP contribution in [0.1, 0.15) is 37.6 Å². The van der Waals surface area contributed by atoms with Gasteiger partial charge in [0.25, 0.3) is 5.56 Å². The number of halogens is 1. The van der Waals surface area contributed by atoms with Crippen LogP contribution in [0.15, 0.2) is 93.6 Å². The summed E-state index contributed by atoms with van der Waals surface area (Å²) < 4.78 is 39.2. The molecule has 1 aliphatic heterocycles. The Bertz CT molecular complexity index is 1890. The molecule has 47 heavy (non-hydrogen) atoms. The van der Waals surface area contributed by atoms with Gasteiger partial charge in [0.05, 0.1) is 18.3 Å². The molecule has 1 aromatic heterocycles. The van der Waals surface area contributed by atoms with Gasteiger partial charge in [-0.2, -0.15) is 5.09 Å². The van der Waals surface area contributed by atoms with Crippen LogP contribution < -0.4 is 20.9 Å². The molecule has 1 saturated heterocycles. The largest absolute Gasteiger partial charge is 0.460 e. The summed E-state index contributed by atoms with van der Waals surface area (Å²) in [5, 5.41) is 15.1. The monoisotopic (exact) mass is 727 g/mol. The minimum Gasteiger partial charge on any atom is -0.460 e. The number of H-pyrrole nitrogens is 1. The molecule has 1 fully saturated rings. The Balaban J connectivity index is 1.38. The van der Waals surface area contributed by atoms with Crippen LogP contribution in [0.3, 0.4) is 0 Å². The van der Waals surface area contributed by atoms with Gasteiger partial charge in [-0.3, -0.25) is 23.7 Å². The molecule has 2 heterocycles. The summed E-state index contributed by atoms with van der Waals surface area (Å²) in [5.74, 6) is -0.798. The number of nitrogens with zero attached hydrogens (tertiary/aromatic N) is 1. The molecular formula is C33H35BrN3O9P. The van der Waals surface area contributed by atoms with E-state index in [0.29, 0.717) is 5.39 Å². The van der Waals surface area contributed by atoms with E-state index in [1.807, 2.05) is 54.6 Å². The fourth-order valence-electron chi connectivity index (χ4n) is 5.07. The number of aliphatic hydroxyl groups is 1. The number of carbonyl (C=O) groups excluding carboxylic acids is 1. The lowest BCUT2D eigenvalue weighted by molar-refractivity contribution is -0.148. The molecule has 0 saturated carbocycles. The zero-order valence-electron chi connectivity index (χ0n) is 25.7. The van der Waals surface area contributed by atoms with Crippen LogP contribution in [0.2, 0.25) is 0 Å². The lowest BCUT2D eigenvalue weighted by Gasteiger charge is -2.28. The van der Waals surface area contributed by atoms with Crippen molar-refractivity contribution in [2.45, 2.75) is 51.4 Å². The quantitative estimate of drug-likeness (QED) is 0.123. The van der Waals surface area contributed by atoms with E-state index in [9.17, 15) is 24.1 Å². The first-order valence-electron chi connectivity index (χ1n) is 14.9. The standard InChI is InChI=1S/C33H35BrN3O9P/c1-21(2)30(32(40)43-19-22-9-4-3-5-10-22)36-47(42,46-27-14-8-12-23-11-6-7-13-25(23)27)44-20-28-26(38)17-29(45-28)37-18-24(15-16-34)31(39)35-33(37)41/h3-16,18,21,26,28-30,38H,17,19-20H2,1-2H3,(H,36,42)(H,35,39,41)/b16-15+/t26?,28?,29?,30-,47?/m0/s1. The Labute approximate surface area is 279 Å². The first-order valence-corrected chi connectivity index (χ1v) is 17.4. The highest BCUT2D eigenvalue weighted by Gasteiger charge is 2.41. The molecular weight excluding hydrogens is 693 g/mol. The van der Waals surface area contributed by atoms with Crippen LogP contribution in [0, 0.1) is 5.92 Å². The fourth-order valence-corrected chi connectivity index (χ4v) is 7.04. The average Bonchev–Trinajstić information content (AvgIpc) is 3.43. The van der Waals surface area contributed by atoms with Crippen LogP contribution in [-0.4, -0.2) is 45.5 Å². The molecule has 14 heteroatoms. The van der Waals surface area contributed by atoms with Crippen molar-refractivity contribution >= 4 is 46.5 Å². The lowest BCUT2D eigenvalue weighted by atomic mass is 10.1. The van der Waals surface area contributed by atoms with Crippen LogP contribution in [0.4, 0.5) is 0 Å². The number of aliphatic hydroxyl groups excluding tert-OH is 1. The molecule has 0 bridgehead atoms. The summed E-state index contributed by atoms with van der Waals surface area (Å²) in [6.07, 6.45) is -0.347. The number of rotatable bonds is 13. The lowest BCUT2D eigenvalue weighted by Crippen LogP contribution is -2.42. The van der Waals surface area contributed by atoms with Crippen LogP contribution >= 0.6 is 23.7 Å². The van der Waals surface area contributed by atoms with E-state index in [1.54, 1.807) is 32.0 Å². The van der Waals surface area contributed by atoms with Gasteiger partial charge in [-0.25, -0.2) is 9.36 Å². The highest BCUT2D eigenvalue weighted by atomic mass is 79.9. The Morgan fingerprint density at radius 1 is 1.13 bits per heavy atom. The predicted octanol–water partition coefficient (Wildman–Crippen LogP) is 5.27. The van der Waals surface area contributed by atoms with Crippen LogP contribution in [0.5, 0.6) is 5.75 Å². The minimum atomic E-state index is -4.38. The van der Waals surface area contributed by atoms with Crippen molar-refractivity contribution in [2.24, 2.45) is 5.92 Å². The van der Waals surface area contributed by atoms with E-state index in [1.165, 1.54) is 17.3 Å². The summed E-state index contributed by atoms with van der Waals surface area (Å²) in [7, 11) is -4.38. The number of nitrogens with one attached hydrogen (secondary N) is 2. The molecule has 248 valence electrons. The van der Waals surface area contributed by atoms with E-state index in [0.717, 1.165) is 15.5 Å². The molecule has 12 nitrogen and oxygen atoms in total. The van der Waals surface area contributed by atoms with Gasteiger partial charge in [0, 0.05) is 18.0 Å². The SMILES string of the molecule is CC(C)[C@H](NP(=O)(OCC1OC(n2cc(/C=C/Br)c(=O)[nH]c2=O)CC1O)Oc1cccc2ccccc12)C(=O)OCc1ccccc1. The van der Waals surface area contributed by atoms with Crippen molar-refractivity contribution in [2.75, 3.05) is 6.61 Å². The van der Waals surface area contributed by atoms with Crippen molar-refractivity contribution in [1.29, 1.82) is 0 Å². The fraction of sp³-hybridized carbons (Fsp3) is 0.303. The Morgan fingerprint density at radius 3 is 2.60 bits per heavy atom. The third-order valence-electron chi connectivity index (χ3n) is 7.57. The number of fused-ring (bicyclic) bond motifs is 1. The van der Waals surface area contributed by atoms with Crippen molar-refractivity contribution in [3.63, 3.8) is 0 Å². The zero-order chi connectivity index (χ0) is 33.6. The summed E-state index contributed by atoms with van der Waals surface area (Å²) in [6, 6.07) is 20.7. The highest BCUT2D eigenvalue weighted by molar-refractivity contribution is 9.11. The van der Waals surface area contributed by atoms with Gasteiger partial charge >= 0.3 is 19.4 Å². The van der Waals surface area contributed by atoms with Crippen molar-refractivity contribution < 1.29 is 33.0 Å². The van der Waals surface area contributed by atoms with Gasteiger partial charge in [-0.15, -0.1) is 0 Å². The van der Waals surface area contributed by atoms with Gasteiger partial charge in [-0.1, -0.05) is 96.5 Å². The van der Waals surface area contributed by atoms with Gasteiger partial charge < -0.3 is 19.1 Å². The summed E-state index contributed by atoms with van der Waals surface area (Å²) in [6.45, 7) is 3.11. The maximum atomic E-state index is 14.5. The van der Waals surface area contributed by atoms with Gasteiger partial charge in [0.1, 0.15) is 30.7 Å². The maximum absolute atomic E-state index is 14.5. The molecule has 0 spiro atoms. The molecule has 1 aliphatic rings. The van der Waals surface area contributed by atoms with E-state index in [-0.39, 0.29) is 30.3 Å². The number of aromatic amines is 1. The third-order valence-corrected chi connectivity index (χ3v) is 9.36. The van der Waals surface area contributed by atoms with Crippen molar-refractivity contribution in [1.82, 2.24) is 14.6 Å². The number of benzene rings is 3. The van der Waals surface area contributed by atoms with E-state index in [4.69, 9.17) is 18.5 Å². The molecule has 3 aromatic carbocycles. The van der Waals surface area contributed by atoms with Gasteiger partial charge in [-0.05, 0) is 34.0 Å². The summed E-state index contributed by atoms with van der Waals surface area (Å²) in [5.41, 5.74) is -0.329. The van der Waals surface area contributed by atoms with E-state index < -0.39 is 56.0 Å². The topological polar surface area (TPSA) is 158 Å². The normalized spacial score (nSPS) is 20.0. The Morgan fingerprint density at radius 2 is 1.85 bits per heavy atom. The molecule has 0 aliphatic carbocycles. The van der Waals surface area contributed by atoms with E-state index in [2.05, 4.69) is 26.0 Å². The Hall–Kier alpha value is -3.84. The third kappa shape index (κ3) is 8.55. The van der Waals surface area contributed by atoms with Gasteiger partial charge in [0.2, 0.25) is 0 Å². The number of carbonyl (C=O) groups is 1. The number of aromatic nitrogens is 2. The first kappa shape index (κ1) is 34.5. The number of hydrogen-bond donors (Lipinski definition) is 3. The van der Waals surface area contributed by atoms with Crippen LogP contribution in [0.25, 0.3) is 16.8 Å². The number of hydrogen-bond acceptors (Lipinski definition) is 9. The van der Waals surface area contributed by atoms with Crippen molar-refractivity contribution in [3.05, 3.63) is 116 Å². The molecule has 5 rings (SSSR count). The highest BCUT2D eigenvalue weighted by Crippen LogP contribution is 2.48. The zero-order valence-corrected chi connectivity index (χ0v) is 28.1. The number of ether oxygens (including phenoxy) is 2. The molecule has 0 amide bonds. The van der Waals surface area contributed by atoms with Gasteiger partial charge in [0.15, 0.2) is 0 Å². The average molecular weight is 729 g/mol. The number of esters is 1. The first-order chi connectivity index (χ1) is 22.6.